The topological polar surface area (TPSA) is 40.9 Å². The maximum Gasteiger partial charge on any atom is 0.272 e. The van der Waals surface area contributed by atoms with E-state index in [9.17, 15) is 4.79 Å². The van der Waals surface area contributed by atoms with Crippen LogP contribution in [0.25, 0.3) is 5.65 Å². The standard InChI is InChI=1S/C17H23ClN4O/c1-4-14-16(22-11-12(18)5-6-15(22)19-14)17(23)21(3)13-7-9-20(2)10-8-13/h5-6,11,13H,4,7-10H2,1-3H3. The van der Waals surface area contributed by atoms with Crippen molar-refractivity contribution in [3.63, 3.8) is 0 Å². The molecule has 0 spiro atoms. The minimum Gasteiger partial charge on any atom is -0.337 e. The number of hydrogen-bond donors (Lipinski definition) is 0. The van der Waals surface area contributed by atoms with Crippen LogP contribution in [-0.4, -0.2) is 58.3 Å². The normalized spacial score (nSPS) is 16.9. The van der Waals surface area contributed by atoms with Crippen molar-refractivity contribution in [3.8, 4) is 0 Å². The molecule has 0 aromatic carbocycles. The van der Waals surface area contributed by atoms with Crippen LogP contribution in [0, 0.1) is 0 Å². The molecular formula is C17H23ClN4O. The van der Waals surface area contributed by atoms with E-state index in [-0.39, 0.29) is 11.9 Å². The molecule has 2 aromatic rings. The molecule has 3 heterocycles. The van der Waals surface area contributed by atoms with Crippen LogP contribution in [-0.2, 0) is 6.42 Å². The van der Waals surface area contributed by atoms with Gasteiger partial charge in [-0.05, 0) is 51.5 Å². The second kappa shape index (κ2) is 6.49. The molecule has 1 amide bonds. The predicted octanol–water partition coefficient (Wildman–Crippen LogP) is 2.72. The van der Waals surface area contributed by atoms with Crippen LogP contribution in [0.15, 0.2) is 18.3 Å². The van der Waals surface area contributed by atoms with E-state index in [1.54, 1.807) is 12.3 Å². The maximum absolute atomic E-state index is 13.1. The lowest BCUT2D eigenvalue weighted by atomic mass is 10.0. The van der Waals surface area contributed by atoms with E-state index in [0.29, 0.717) is 10.7 Å². The fourth-order valence-corrected chi connectivity index (χ4v) is 3.42. The van der Waals surface area contributed by atoms with Crippen LogP contribution >= 0.6 is 11.6 Å². The van der Waals surface area contributed by atoms with E-state index in [1.165, 1.54) is 0 Å². The third-order valence-electron chi connectivity index (χ3n) is 4.75. The van der Waals surface area contributed by atoms with Crippen molar-refractivity contribution < 1.29 is 4.79 Å². The molecule has 6 heteroatoms. The minimum atomic E-state index is 0.0335. The number of aryl methyl sites for hydroxylation is 1. The first-order valence-electron chi connectivity index (χ1n) is 8.13. The first kappa shape index (κ1) is 16.3. The summed E-state index contributed by atoms with van der Waals surface area (Å²) in [5.74, 6) is 0.0335. The third-order valence-corrected chi connectivity index (χ3v) is 4.97. The summed E-state index contributed by atoms with van der Waals surface area (Å²) in [6.07, 6.45) is 4.52. The van der Waals surface area contributed by atoms with Gasteiger partial charge in [-0.25, -0.2) is 4.98 Å². The Morgan fingerprint density at radius 3 is 2.74 bits per heavy atom. The molecule has 0 N–H and O–H groups in total. The Morgan fingerprint density at radius 2 is 2.09 bits per heavy atom. The fourth-order valence-electron chi connectivity index (χ4n) is 3.26. The number of fused-ring (bicyclic) bond motifs is 1. The van der Waals surface area contributed by atoms with Crippen molar-refractivity contribution in [2.24, 2.45) is 0 Å². The molecule has 124 valence electrons. The quantitative estimate of drug-likeness (QED) is 0.866. The van der Waals surface area contributed by atoms with E-state index in [4.69, 9.17) is 11.6 Å². The van der Waals surface area contributed by atoms with Crippen molar-refractivity contribution in [2.75, 3.05) is 27.2 Å². The highest BCUT2D eigenvalue weighted by Gasteiger charge is 2.28. The Morgan fingerprint density at radius 1 is 1.39 bits per heavy atom. The number of aromatic nitrogens is 2. The summed E-state index contributed by atoms with van der Waals surface area (Å²) in [5, 5.41) is 0.605. The molecule has 1 aliphatic rings. The second-order valence-electron chi connectivity index (χ2n) is 6.29. The van der Waals surface area contributed by atoms with Gasteiger partial charge in [0.15, 0.2) is 0 Å². The first-order chi connectivity index (χ1) is 11.0. The summed E-state index contributed by atoms with van der Waals surface area (Å²) in [6, 6.07) is 3.94. The Hall–Kier alpha value is -1.59. The van der Waals surface area contributed by atoms with Crippen LogP contribution in [0.2, 0.25) is 5.02 Å². The smallest absolute Gasteiger partial charge is 0.272 e. The average Bonchev–Trinajstić information content (AvgIpc) is 2.91. The molecule has 0 aliphatic carbocycles. The Balaban J connectivity index is 1.95. The van der Waals surface area contributed by atoms with E-state index in [1.807, 2.05) is 29.3 Å². The summed E-state index contributed by atoms with van der Waals surface area (Å²) in [6.45, 7) is 4.08. The number of carbonyl (C=O) groups is 1. The molecule has 0 saturated carbocycles. The summed E-state index contributed by atoms with van der Waals surface area (Å²) >= 11 is 6.11. The SMILES string of the molecule is CCc1nc2ccc(Cl)cn2c1C(=O)N(C)C1CCN(C)CC1. The van der Waals surface area contributed by atoms with Crippen LogP contribution in [0.1, 0.15) is 35.9 Å². The Labute approximate surface area is 141 Å². The monoisotopic (exact) mass is 334 g/mol. The molecule has 1 fully saturated rings. The largest absolute Gasteiger partial charge is 0.337 e. The van der Waals surface area contributed by atoms with Crippen molar-refractivity contribution in [3.05, 3.63) is 34.7 Å². The zero-order valence-electron chi connectivity index (χ0n) is 13.9. The lowest BCUT2D eigenvalue weighted by molar-refractivity contribution is 0.0651. The van der Waals surface area contributed by atoms with Gasteiger partial charge in [0.1, 0.15) is 11.3 Å². The van der Waals surface area contributed by atoms with Crippen LogP contribution < -0.4 is 0 Å². The van der Waals surface area contributed by atoms with Gasteiger partial charge in [-0.1, -0.05) is 18.5 Å². The number of pyridine rings is 1. The molecule has 0 radical (unpaired) electrons. The van der Waals surface area contributed by atoms with Gasteiger partial charge in [0.25, 0.3) is 5.91 Å². The van der Waals surface area contributed by atoms with Gasteiger partial charge < -0.3 is 9.80 Å². The molecule has 0 atom stereocenters. The number of likely N-dealkylation sites (tertiary alicyclic amines) is 1. The fraction of sp³-hybridized carbons (Fsp3) is 0.529. The number of nitrogens with zero attached hydrogens (tertiary/aromatic N) is 4. The van der Waals surface area contributed by atoms with E-state index >= 15 is 0 Å². The molecule has 1 saturated heterocycles. The maximum atomic E-state index is 13.1. The number of amides is 1. The molecular weight excluding hydrogens is 312 g/mol. The van der Waals surface area contributed by atoms with E-state index < -0.39 is 0 Å². The summed E-state index contributed by atoms with van der Waals surface area (Å²) < 4.78 is 1.83. The third kappa shape index (κ3) is 3.08. The number of imidazole rings is 1. The molecule has 0 unspecified atom stereocenters. The first-order valence-corrected chi connectivity index (χ1v) is 8.51. The van der Waals surface area contributed by atoms with Crippen LogP contribution in [0.3, 0.4) is 0 Å². The van der Waals surface area contributed by atoms with Gasteiger partial charge in [0.05, 0.1) is 10.7 Å². The van der Waals surface area contributed by atoms with Gasteiger partial charge in [0, 0.05) is 19.3 Å². The zero-order valence-corrected chi connectivity index (χ0v) is 14.7. The summed E-state index contributed by atoms with van der Waals surface area (Å²) in [4.78, 5) is 21.9. The molecule has 3 rings (SSSR count). The highest BCUT2D eigenvalue weighted by atomic mass is 35.5. The van der Waals surface area contributed by atoms with Gasteiger partial charge >= 0.3 is 0 Å². The van der Waals surface area contributed by atoms with E-state index in [0.717, 1.165) is 43.7 Å². The number of carbonyl (C=O) groups excluding carboxylic acids is 1. The van der Waals surface area contributed by atoms with Crippen molar-refractivity contribution in [1.82, 2.24) is 19.2 Å². The van der Waals surface area contributed by atoms with Crippen molar-refractivity contribution in [2.45, 2.75) is 32.2 Å². The van der Waals surface area contributed by atoms with Gasteiger partial charge in [0.2, 0.25) is 0 Å². The number of rotatable bonds is 3. The van der Waals surface area contributed by atoms with E-state index in [2.05, 4.69) is 16.9 Å². The Kier molecular flexibility index (Phi) is 4.60. The van der Waals surface area contributed by atoms with Gasteiger partial charge in [-0.3, -0.25) is 9.20 Å². The van der Waals surface area contributed by atoms with Gasteiger partial charge in [-0.15, -0.1) is 0 Å². The molecule has 23 heavy (non-hydrogen) atoms. The lowest BCUT2D eigenvalue weighted by Crippen LogP contribution is -2.44. The zero-order chi connectivity index (χ0) is 16.6. The number of piperidine rings is 1. The molecule has 2 aromatic heterocycles. The Bertz CT molecular complexity index is 719. The van der Waals surface area contributed by atoms with Crippen LogP contribution in [0.4, 0.5) is 0 Å². The molecule has 5 nitrogen and oxygen atoms in total. The highest BCUT2D eigenvalue weighted by Crippen LogP contribution is 2.21. The van der Waals surface area contributed by atoms with Crippen LogP contribution in [0.5, 0.6) is 0 Å². The molecule has 0 bridgehead atoms. The number of hydrogen-bond acceptors (Lipinski definition) is 3. The summed E-state index contributed by atoms with van der Waals surface area (Å²) in [7, 11) is 4.03. The highest BCUT2D eigenvalue weighted by molar-refractivity contribution is 6.30. The van der Waals surface area contributed by atoms with Crippen molar-refractivity contribution >= 4 is 23.2 Å². The van der Waals surface area contributed by atoms with Gasteiger partial charge in [-0.2, -0.15) is 0 Å². The molecule has 1 aliphatic heterocycles. The lowest BCUT2D eigenvalue weighted by Gasteiger charge is -2.35. The summed E-state index contributed by atoms with van der Waals surface area (Å²) in [5.41, 5.74) is 2.25. The van der Waals surface area contributed by atoms with Crippen molar-refractivity contribution in [1.29, 1.82) is 0 Å². The second-order valence-corrected chi connectivity index (χ2v) is 6.72. The number of halogens is 1. The predicted molar refractivity (Wildman–Crippen MR) is 92.2 cm³/mol. The average molecular weight is 335 g/mol. The minimum absolute atomic E-state index is 0.0335.